The van der Waals surface area contributed by atoms with E-state index < -0.39 is 0 Å². The molecule has 0 spiro atoms. The van der Waals surface area contributed by atoms with Gasteiger partial charge in [-0.1, -0.05) is 30.3 Å². The lowest BCUT2D eigenvalue weighted by molar-refractivity contribution is -0.107. The molecule has 4 nitrogen and oxygen atoms in total. The summed E-state index contributed by atoms with van der Waals surface area (Å²) in [6, 6.07) is 14.3. The number of carbonyl (C=O) groups is 1. The Morgan fingerprint density at radius 3 is 2.54 bits per heavy atom. The summed E-state index contributed by atoms with van der Waals surface area (Å²) >= 11 is 0. The molecule has 0 unspecified atom stereocenters. The number of hydrogen-bond donors (Lipinski definition) is 0. The van der Waals surface area contributed by atoms with Crippen molar-refractivity contribution in [3.63, 3.8) is 0 Å². The number of pyridine rings is 1. The molecular weight excluding hydrogens is 355 g/mol. The average molecular weight is 378 g/mol. The minimum Gasteiger partial charge on any atom is -0.496 e. The van der Waals surface area contributed by atoms with Gasteiger partial charge in [-0.25, -0.2) is 9.37 Å². The molecule has 0 saturated carbocycles. The monoisotopic (exact) mass is 378 g/mol. The zero-order chi connectivity index (χ0) is 20.1. The van der Waals surface area contributed by atoms with Gasteiger partial charge in [0.1, 0.15) is 23.7 Å². The Labute approximate surface area is 164 Å². The predicted octanol–water partition coefficient (Wildman–Crippen LogP) is 4.29. The first-order valence-corrected chi connectivity index (χ1v) is 9.04. The number of rotatable bonds is 7. The van der Waals surface area contributed by atoms with Crippen molar-refractivity contribution in [1.29, 1.82) is 0 Å². The molecule has 0 amide bonds. The van der Waals surface area contributed by atoms with Gasteiger partial charge in [0, 0.05) is 26.7 Å². The first kappa shape index (κ1) is 19.5. The molecule has 3 aromatic rings. The first-order chi connectivity index (χ1) is 13.5. The van der Waals surface area contributed by atoms with Crippen LogP contribution < -0.4 is 9.64 Å². The van der Waals surface area contributed by atoms with Gasteiger partial charge in [-0.2, -0.15) is 0 Å². The molecule has 5 heteroatoms. The van der Waals surface area contributed by atoms with Crippen LogP contribution in [0.25, 0.3) is 11.1 Å². The standard InChI is InChI=1S/C23H23FN2O2/c1-26(2)22-11-10-16(15-25-22)14-19-17(12-13-27)6-4-7-18(19)23-20(24)8-5-9-21(23)28-3/h4-11,13,15H,12,14H2,1-3H3. The zero-order valence-electron chi connectivity index (χ0n) is 16.3. The van der Waals surface area contributed by atoms with Crippen molar-refractivity contribution in [3.05, 3.63) is 77.2 Å². The van der Waals surface area contributed by atoms with Crippen LogP contribution in [0.5, 0.6) is 5.75 Å². The molecule has 1 heterocycles. The van der Waals surface area contributed by atoms with Crippen LogP contribution in [-0.4, -0.2) is 32.5 Å². The van der Waals surface area contributed by atoms with Crippen LogP contribution in [0.15, 0.2) is 54.7 Å². The van der Waals surface area contributed by atoms with E-state index in [0.717, 1.165) is 34.4 Å². The van der Waals surface area contributed by atoms with Gasteiger partial charge in [0.15, 0.2) is 0 Å². The summed E-state index contributed by atoms with van der Waals surface area (Å²) in [7, 11) is 5.39. The molecule has 0 aliphatic carbocycles. The third-order valence-corrected chi connectivity index (χ3v) is 4.69. The molecule has 3 rings (SSSR count). The Hall–Kier alpha value is -3.21. The van der Waals surface area contributed by atoms with Crippen molar-refractivity contribution < 1.29 is 13.9 Å². The van der Waals surface area contributed by atoms with Crippen molar-refractivity contribution in [1.82, 2.24) is 4.98 Å². The summed E-state index contributed by atoms with van der Waals surface area (Å²) in [6.07, 6.45) is 3.49. The summed E-state index contributed by atoms with van der Waals surface area (Å²) in [4.78, 5) is 17.6. The number of benzene rings is 2. The SMILES string of the molecule is COc1cccc(F)c1-c1cccc(CC=O)c1Cc1ccc(N(C)C)nc1. The van der Waals surface area contributed by atoms with Crippen molar-refractivity contribution >= 4 is 12.1 Å². The highest BCUT2D eigenvalue weighted by Gasteiger charge is 2.18. The highest BCUT2D eigenvalue weighted by Crippen LogP contribution is 2.37. The second-order valence-corrected chi connectivity index (χ2v) is 6.73. The molecule has 0 aliphatic rings. The highest BCUT2D eigenvalue weighted by atomic mass is 19.1. The maximum Gasteiger partial charge on any atom is 0.134 e. The number of hydrogen-bond acceptors (Lipinski definition) is 4. The average Bonchev–Trinajstić information content (AvgIpc) is 2.70. The van der Waals surface area contributed by atoms with Crippen LogP contribution in [0.3, 0.4) is 0 Å². The van der Waals surface area contributed by atoms with E-state index in [1.807, 2.05) is 55.5 Å². The molecule has 0 radical (unpaired) electrons. The summed E-state index contributed by atoms with van der Waals surface area (Å²) in [5.41, 5.74) is 3.89. The quantitative estimate of drug-likeness (QED) is 0.575. The van der Waals surface area contributed by atoms with Crippen LogP contribution in [0.1, 0.15) is 16.7 Å². The van der Waals surface area contributed by atoms with E-state index in [2.05, 4.69) is 4.98 Å². The minimum absolute atomic E-state index is 0.267. The number of methoxy groups -OCH3 is 1. The Balaban J connectivity index is 2.12. The second kappa shape index (κ2) is 8.65. The van der Waals surface area contributed by atoms with Crippen molar-refractivity contribution in [2.75, 3.05) is 26.1 Å². The van der Waals surface area contributed by atoms with E-state index in [9.17, 15) is 9.18 Å². The number of aromatic nitrogens is 1. The molecule has 0 fully saturated rings. The molecule has 2 aromatic carbocycles. The lowest BCUT2D eigenvalue weighted by atomic mass is 9.89. The lowest BCUT2D eigenvalue weighted by Gasteiger charge is -2.17. The molecule has 0 bridgehead atoms. The fourth-order valence-electron chi connectivity index (χ4n) is 3.28. The minimum atomic E-state index is -0.357. The van der Waals surface area contributed by atoms with Crippen LogP contribution in [0.2, 0.25) is 0 Å². The van der Waals surface area contributed by atoms with E-state index >= 15 is 0 Å². The molecule has 28 heavy (non-hydrogen) atoms. The maximum atomic E-state index is 14.7. The summed E-state index contributed by atoms with van der Waals surface area (Å²) in [5, 5.41) is 0. The van der Waals surface area contributed by atoms with Gasteiger partial charge in [-0.3, -0.25) is 0 Å². The predicted molar refractivity (Wildman–Crippen MR) is 110 cm³/mol. The van der Waals surface area contributed by atoms with Gasteiger partial charge in [-0.05, 0) is 46.9 Å². The van der Waals surface area contributed by atoms with E-state index in [-0.39, 0.29) is 12.2 Å². The molecule has 144 valence electrons. The van der Waals surface area contributed by atoms with Gasteiger partial charge >= 0.3 is 0 Å². The molecule has 1 aromatic heterocycles. The summed E-state index contributed by atoms with van der Waals surface area (Å²) in [6.45, 7) is 0. The summed E-state index contributed by atoms with van der Waals surface area (Å²) < 4.78 is 20.1. The van der Waals surface area contributed by atoms with Gasteiger partial charge < -0.3 is 14.4 Å². The van der Waals surface area contributed by atoms with E-state index in [4.69, 9.17) is 4.74 Å². The fraction of sp³-hybridized carbons (Fsp3) is 0.217. The number of anilines is 1. The van der Waals surface area contributed by atoms with Crippen LogP contribution in [0.4, 0.5) is 10.2 Å². The third kappa shape index (κ3) is 4.03. The Morgan fingerprint density at radius 2 is 1.89 bits per heavy atom. The topological polar surface area (TPSA) is 42.4 Å². The lowest BCUT2D eigenvalue weighted by Crippen LogP contribution is -2.10. The van der Waals surface area contributed by atoms with Crippen LogP contribution in [-0.2, 0) is 17.6 Å². The molecule has 0 saturated heterocycles. The number of carbonyl (C=O) groups excluding carboxylic acids is 1. The third-order valence-electron chi connectivity index (χ3n) is 4.69. The van der Waals surface area contributed by atoms with Gasteiger partial charge in [-0.15, -0.1) is 0 Å². The molecular formula is C23H23FN2O2. The van der Waals surface area contributed by atoms with Gasteiger partial charge in [0.2, 0.25) is 0 Å². The van der Waals surface area contributed by atoms with Gasteiger partial charge in [0.25, 0.3) is 0 Å². The molecule has 0 atom stereocenters. The first-order valence-electron chi connectivity index (χ1n) is 9.04. The fourth-order valence-corrected chi connectivity index (χ4v) is 3.28. The second-order valence-electron chi connectivity index (χ2n) is 6.73. The largest absolute Gasteiger partial charge is 0.496 e. The van der Waals surface area contributed by atoms with Crippen molar-refractivity contribution in [3.8, 4) is 16.9 Å². The number of nitrogens with zero attached hydrogens (tertiary/aromatic N) is 2. The number of halogens is 1. The molecule has 0 N–H and O–H groups in total. The number of ether oxygens (including phenoxy) is 1. The van der Waals surface area contributed by atoms with E-state index in [0.29, 0.717) is 17.7 Å². The van der Waals surface area contributed by atoms with Crippen molar-refractivity contribution in [2.45, 2.75) is 12.8 Å². The van der Waals surface area contributed by atoms with E-state index in [1.165, 1.54) is 13.2 Å². The zero-order valence-corrected chi connectivity index (χ0v) is 16.3. The van der Waals surface area contributed by atoms with Crippen molar-refractivity contribution in [2.24, 2.45) is 0 Å². The number of aldehydes is 1. The smallest absolute Gasteiger partial charge is 0.134 e. The normalized spacial score (nSPS) is 10.6. The van der Waals surface area contributed by atoms with Crippen LogP contribution in [0, 0.1) is 5.82 Å². The highest BCUT2D eigenvalue weighted by molar-refractivity contribution is 5.76. The summed E-state index contributed by atoms with van der Waals surface area (Å²) in [5.74, 6) is 0.969. The Kier molecular flexibility index (Phi) is 6.04. The Bertz CT molecular complexity index is 969. The Morgan fingerprint density at radius 1 is 1.11 bits per heavy atom. The molecule has 0 aliphatic heterocycles. The maximum absolute atomic E-state index is 14.7. The van der Waals surface area contributed by atoms with Gasteiger partial charge in [0.05, 0.1) is 12.7 Å². The van der Waals surface area contributed by atoms with E-state index in [1.54, 1.807) is 12.1 Å². The van der Waals surface area contributed by atoms with Crippen LogP contribution >= 0.6 is 0 Å².